The molecule has 0 spiro atoms. The molecule has 0 fully saturated rings. The van der Waals surface area contributed by atoms with Crippen molar-refractivity contribution in [3.63, 3.8) is 0 Å². The van der Waals surface area contributed by atoms with E-state index in [1.165, 1.54) is 158 Å². The largest absolute Gasteiger partial charge is 0.382 e. The molecule has 6 aromatic rings. The summed E-state index contributed by atoms with van der Waals surface area (Å²) in [6, 6.07) is 44.1. The summed E-state index contributed by atoms with van der Waals surface area (Å²) in [5.74, 6) is 0. The highest BCUT2D eigenvalue weighted by atomic mass is 16.5. The first kappa shape index (κ1) is 61.8. The molecular weight excluding hydrogens is 985 g/mol. The van der Waals surface area contributed by atoms with Crippen LogP contribution in [-0.4, -0.2) is 79.9 Å². The molecule has 0 amide bonds. The number of anilines is 2. The number of aldehydes is 2. The average Bonchev–Trinajstić information content (AvgIpc) is 4.11. The number of rotatable bonds is 34. The van der Waals surface area contributed by atoms with E-state index in [4.69, 9.17) is 14.2 Å². The number of carbonyl (C=O) groups excluding carboxylic acids is 2. The molecule has 0 unspecified atom stereocenters. The number of carbonyl (C=O) groups is 2. The highest BCUT2D eigenvalue weighted by Gasteiger charge is 2.44. The van der Waals surface area contributed by atoms with Crippen LogP contribution in [0, 0.1) is 27.7 Å². The Labute approximate surface area is 482 Å². The normalized spacial score (nSPS) is 13.2. The van der Waals surface area contributed by atoms with Gasteiger partial charge in [0.2, 0.25) is 0 Å². The Bertz CT molecular complexity index is 2750. The zero-order valence-electron chi connectivity index (χ0n) is 50.3. The number of hydrogen-bond donors (Lipinski definition) is 0. The number of nitrogens with zero attached hydrogens (tertiary/aromatic N) is 2. The van der Waals surface area contributed by atoms with Crippen molar-refractivity contribution in [1.29, 1.82) is 0 Å². The van der Waals surface area contributed by atoms with Crippen molar-refractivity contribution in [2.45, 2.75) is 161 Å². The Hall–Kier alpha value is -5.86. The SMILES string of the molecule is CCCCCCCCC1(CCCCCCN(C)c2ccc(C=O)cc2)c2cc(C)ccc2-c2ccc(C)cc21.COCCOCCOCCC1(CCCCCCN(C)c2ccc(C=O)cc2)c2cc(C)ccc2-c2ccc(C)cc21. The van der Waals surface area contributed by atoms with Crippen LogP contribution >= 0.6 is 0 Å². The summed E-state index contributed by atoms with van der Waals surface area (Å²) < 4.78 is 16.8. The molecule has 80 heavy (non-hydrogen) atoms. The second-order valence-electron chi connectivity index (χ2n) is 23.4. The molecule has 0 atom stereocenters. The topological polar surface area (TPSA) is 68.3 Å². The zero-order valence-corrected chi connectivity index (χ0v) is 50.3. The summed E-state index contributed by atoms with van der Waals surface area (Å²) in [5, 5.41) is 0. The Morgan fingerprint density at radius 1 is 0.388 bits per heavy atom. The Kier molecular flexibility index (Phi) is 24.2. The zero-order chi connectivity index (χ0) is 56.7. The minimum atomic E-state index is -0.0310. The Balaban J connectivity index is 0.000000231. The van der Waals surface area contributed by atoms with Gasteiger partial charge in [-0.15, -0.1) is 0 Å². The molecule has 2 aliphatic carbocycles. The number of aryl methyl sites for hydroxylation is 4. The van der Waals surface area contributed by atoms with Crippen molar-refractivity contribution in [2.75, 3.05) is 77.1 Å². The first-order chi connectivity index (χ1) is 39.0. The van der Waals surface area contributed by atoms with Crippen molar-refractivity contribution in [1.82, 2.24) is 0 Å². The molecule has 7 nitrogen and oxygen atoms in total. The van der Waals surface area contributed by atoms with E-state index < -0.39 is 0 Å². The van der Waals surface area contributed by atoms with Gasteiger partial charge >= 0.3 is 0 Å². The third-order valence-corrected chi connectivity index (χ3v) is 17.4. The molecule has 428 valence electrons. The van der Waals surface area contributed by atoms with E-state index in [9.17, 15) is 9.59 Å². The third kappa shape index (κ3) is 16.2. The first-order valence-corrected chi connectivity index (χ1v) is 30.6. The Morgan fingerprint density at radius 2 is 0.713 bits per heavy atom. The summed E-state index contributed by atoms with van der Waals surface area (Å²) in [6.07, 6.45) is 24.2. The highest BCUT2D eigenvalue weighted by molar-refractivity contribution is 5.83. The predicted molar refractivity (Wildman–Crippen MR) is 337 cm³/mol. The quantitative estimate of drug-likeness (QED) is 0.0295. The Morgan fingerprint density at radius 3 is 1.07 bits per heavy atom. The van der Waals surface area contributed by atoms with Gasteiger partial charge in [0.25, 0.3) is 0 Å². The minimum Gasteiger partial charge on any atom is -0.382 e. The van der Waals surface area contributed by atoms with Gasteiger partial charge in [0.15, 0.2) is 0 Å². The number of benzene rings is 6. The summed E-state index contributed by atoms with van der Waals surface area (Å²) >= 11 is 0. The number of fused-ring (bicyclic) bond motifs is 6. The molecule has 0 bridgehead atoms. The second-order valence-corrected chi connectivity index (χ2v) is 23.4. The van der Waals surface area contributed by atoms with Gasteiger partial charge in [0, 0.05) is 74.2 Å². The van der Waals surface area contributed by atoms with E-state index in [-0.39, 0.29) is 10.8 Å². The van der Waals surface area contributed by atoms with Gasteiger partial charge < -0.3 is 24.0 Å². The summed E-state index contributed by atoms with van der Waals surface area (Å²) in [7, 11) is 5.97. The first-order valence-electron chi connectivity index (χ1n) is 30.6. The fourth-order valence-corrected chi connectivity index (χ4v) is 12.8. The van der Waals surface area contributed by atoms with Crippen molar-refractivity contribution in [3.05, 3.63) is 177 Å². The maximum atomic E-state index is 10.9. The molecule has 0 aromatic heterocycles. The van der Waals surface area contributed by atoms with Crippen LogP contribution in [0.1, 0.15) is 188 Å². The molecule has 0 saturated heterocycles. The van der Waals surface area contributed by atoms with Gasteiger partial charge in [-0.3, -0.25) is 9.59 Å². The van der Waals surface area contributed by atoms with Gasteiger partial charge in [-0.2, -0.15) is 0 Å². The molecular formula is C73H96N2O5. The van der Waals surface area contributed by atoms with Gasteiger partial charge in [-0.05, 0) is 159 Å². The molecule has 0 radical (unpaired) electrons. The molecule has 0 saturated carbocycles. The molecule has 8 rings (SSSR count). The third-order valence-electron chi connectivity index (χ3n) is 17.4. The number of hydrogen-bond acceptors (Lipinski definition) is 7. The van der Waals surface area contributed by atoms with E-state index in [1.54, 1.807) is 18.2 Å². The van der Waals surface area contributed by atoms with Crippen LogP contribution in [0.3, 0.4) is 0 Å². The summed E-state index contributed by atoms with van der Waals surface area (Å²) in [5.41, 5.74) is 21.2. The lowest BCUT2D eigenvalue weighted by Crippen LogP contribution is -2.28. The van der Waals surface area contributed by atoms with Gasteiger partial charge in [0.05, 0.1) is 26.4 Å². The highest BCUT2D eigenvalue weighted by Crippen LogP contribution is 2.56. The average molecular weight is 1080 g/mol. The fraction of sp³-hybridized carbons (Fsp3) is 0.479. The number of unbranched alkanes of at least 4 members (excludes halogenated alkanes) is 11. The van der Waals surface area contributed by atoms with Crippen LogP contribution in [-0.2, 0) is 25.0 Å². The number of methoxy groups -OCH3 is 1. The second kappa shape index (κ2) is 31.4. The fourth-order valence-electron chi connectivity index (χ4n) is 12.8. The standard InChI is InChI=1S/C37H49NO.C36H47NO4/c1-5-6-7-8-9-12-23-37(24-13-10-11-14-25-38(4)32-19-17-31(28-39)18-20-32)35-26-29(2)15-21-33(35)34-22-16-30(3)27-36(34)37;1-28-9-15-32-33-16-10-29(2)26-35(33)36(34(32)25-28,18-20-40-23-24-41-22-21-39-4)17-7-5-6-8-19-37(3)31-13-11-30(27-38)12-14-31/h15-22,26-28H,5-14,23-25H2,1-4H3;9-16,25-27H,5-8,17-24H2,1-4H3. The summed E-state index contributed by atoms with van der Waals surface area (Å²) in [4.78, 5) is 26.5. The molecule has 0 aliphatic heterocycles. The molecule has 0 N–H and O–H groups in total. The molecule has 0 heterocycles. The van der Waals surface area contributed by atoms with Crippen LogP contribution in [0.25, 0.3) is 22.3 Å². The van der Waals surface area contributed by atoms with Gasteiger partial charge in [0.1, 0.15) is 12.6 Å². The maximum Gasteiger partial charge on any atom is 0.150 e. The van der Waals surface area contributed by atoms with Crippen molar-refractivity contribution < 1.29 is 23.8 Å². The minimum absolute atomic E-state index is 0.0310. The van der Waals surface area contributed by atoms with E-state index in [0.29, 0.717) is 33.0 Å². The predicted octanol–water partition coefficient (Wildman–Crippen LogP) is 17.8. The lowest BCUT2D eigenvalue weighted by Gasteiger charge is -2.33. The van der Waals surface area contributed by atoms with Crippen molar-refractivity contribution >= 4 is 23.9 Å². The van der Waals surface area contributed by atoms with E-state index >= 15 is 0 Å². The molecule has 6 aromatic carbocycles. The lowest BCUT2D eigenvalue weighted by molar-refractivity contribution is 0.0214. The van der Waals surface area contributed by atoms with Crippen LogP contribution in [0.2, 0.25) is 0 Å². The van der Waals surface area contributed by atoms with E-state index in [2.05, 4.69) is 143 Å². The van der Waals surface area contributed by atoms with Gasteiger partial charge in [-0.25, -0.2) is 0 Å². The lowest BCUT2D eigenvalue weighted by atomic mass is 9.70. The van der Waals surface area contributed by atoms with Crippen LogP contribution in [0.15, 0.2) is 121 Å². The summed E-state index contributed by atoms with van der Waals surface area (Å²) in [6.45, 7) is 16.4. The van der Waals surface area contributed by atoms with E-state index in [1.807, 2.05) is 36.4 Å². The van der Waals surface area contributed by atoms with Crippen LogP contribution < -0.4 is 9.80 Å². The van der Waals surface area contributed by atoms with Crippen LogP contribution in [0.5, 0.6) is 0 Å². The van der Waals surface area contributed by atoms with Gasteiger partial charge in [-0.1, -0.05) is 179 Å². The van der Waals surface area contributed by atoms with Crippen molar-refractivity contribution in [2.24, 2.45) is 0 Å². The maximum absolute atomic E-state index is 10.9. The number of ether oxygens (including phenoxy) is 3. The van der Waals surface area contributed by atoms with Crippen molar-refractivity contribution in [3.8, 4) is 22.3 Å². The van der Waals surface area contributed by atoms with E-state index in [0.717, 1.165) is 61.7 Å². The smallest absolute Gasteiger partial charge is 0.150 e. The van der Waals surface area contributed by atoms with Crippen LogP contribution in [0.4, 0.5) is 11.4 Å². The molecule has 2 aliphatic rings. The monoisotopic (exact) mass is 1080 g/mol. The molecule has 7 heteroatoms.